The number of nitrogens with zero attached hydrogens (tertiary/aromatic N) is 2. The molecular weight excluding hydrogens is 410 g/mol. The van der Waals surface area contributed by atoms with Gasteiger partial charge in [-0.1, -0.05) is 30.7 Å². The minimum Gasteiger partial charge on any atom is -0.454 e. The topological polar surface area (TPSA) is 88.2 Å². The maximum absolute atomic E-state index is 12.8. The van der Waals surface area contributed by atoms with Crippen LogP contribution in [0.3, 0.4) is 0 Å². The summed E-state index contributed by atoms with van der Waals surface area (Å²) < 4.78 is 10.6. The van der Waals surface area contributed by atoms with Crippen LogP contribution in [0, 0.1) is 0 Å². The summed E-state index contributed by atoms with van der Waals surface area (Å²) in [6.45, 7) is 1.08. The summed E-state index contributed by atoms with van der Waals surface area (Å²) in [5.74, 6) is 1.12. The Balaban J connectivity index is 1.06. The van der Waals surface area contributed by atoms with Crippen molar-refractivity contribution in [1.82, 2.24) is 9.80 Å². The molecule has 0 aromatic heterocycles. The van der Waals surface area contributed by atoms with E-state index in [1.165, 1.54) is 4.90 Å². The molecule has 0 aliphatic carbocycles. The molecule has 1 atom stereocenters. The fraction of sp³-hybridized carbons (Fsp3) is 0.375. The van der Waals surface area contributed by atoms with Crippen molar-refractivity contribution in [1.29, 1.82) is 0 Å². The number of nitrogens with one attached hydrogen (secondary N) is 1. The molecule has 8 heteroatoms. The number of benzene rings is 2. The molecule has 1 unspecified atom stereocenters. The Morgan fingerprint density at radius 1 is 1.00 bits per heavy atom. The van der Waals surface area contributed by atoms with Crippen LogP contribution in [-0.4, -0.2) is 47.0 Å². The quantitative estimate of drug-likeness (QED) is 0.533. The highest BCUT2D eigenvalue weighted by molar-refractivity contribution is 6.04. The normalized spacial score (nSPS) is 18.6. The summed E-state index contributed by atoms with van der Waals surface area (Å²) in [7, 11) is 0. The SMILES string of the molecule is O=C(CCCCCN1C(=O)C2Cc3ccccc3CN2C1=O)Nc1ccc2c(c1)OCO2. The molecule has 0 bridgehead atoms. The lowest BCUT2D eigenvalue weighted by molar-refractivity contribution is -0.128. The predicted octanol–water partition coefficient (Wildman–Crippen LogP) is 3.30. The second-order valence-corrected chi connectivity index (χ2v) is 8.32. The molecule has 3 aliphatic rings. The van der Waals surface area contributed by atoms with Gasteiger partial charge in [-0.15, -0.1) is 0 Å². The first-order chi connectivity index (χ1) is 15.6. The molecule has 166 valence electrons. The van der Waals surface area contributed by atoms with Crippen LogP contribution in [0.15, 0.2) is 42.5 Å². The maximum atomic E-state index is 12.8. The average Bonchev–Trinajstić information content (AvgIpc) is 3.35. The van der Waals surface area contributed by atoms with E-state index in [-0.39, 0.29) is 30.7 Å². The first-order valence-corrected chi connectivity index (χ1v) is 11.0. The molecule has 3 heterocycles. The fourth-order valence-electron chi connectivity index (χ4n) is 4.51. The average molecular weight is 435 g/mol. The van der Waals surface area contributed by atoms with Crippen LogP contribution in [0.25, 0.3) is 0 Å². The second kappa shape index (κ2) is 8.53. The lowest BCUT2D eigenvalue weighted by Crippen LogP contribution is -2.39. The fourth-order valence-corrected chi connectivity index (χ4v) is 4.51. The minimum atomic E-state index is -0.384. The highest BCUT2D eigenvalue weighted by Crippen LogP contribution is 2.34. The Hall–Kier alpha value is -3.55. The summed E-state index contributed by atoms with van der Waals surface area (Å²) in [5.41, 5.74) is 2.93. The Bertz CT molecular complexity index is 1030. The molecule has 0 saturated carbocycles. The second-order valence-electron chi connectivity index (χ2n) is 8.32. The number of amides is 4. The van der Waals surface area contributed by atoms with Gasteiger partial charge in [0.15, 0.2) is 11.5 Å². The van der Waals surface area contributed by atoms with E-state index in [0.29, 0.717) is 56.0 Å². The summed E-state index contributed by atoms with van der Waals surface area (Å²) in [5, 5.41) is 2.86. The van der Waals surface area contributed by atoms with Gasteiger partial charge in [0.25, 0.3) is 5.91 Å². The Morgan fingerprint density at radius 3 is 2.69 bits per heavy atom. The third-order valence-corrected chi connectivity index (χ3v) is 6.22. The number of carbonyl (C=O) groups excluding carboxylic acids is 3. The lowest BCUT2D eigenvalue weighted by Gasteiger charge is -2.28. The first kappa shape index (κ1) is 20.4. The number of unbranched alkanes of at least 4 members (excludes halogenated alkanes) is 2. The van der Waals surface area contributed by atoms with E-state index in [1.54, 1.807) is 23.1 Å². The van der Waals surface area contributed by atoms with Crippen molar-refractivity contribution in [2.24, 2.45) is 0 Å². The molecular formula is C24H25N3O5. The van der Waals surface area contributed by atoms with E-state index in [4.69, 9.17) is 9.47 Å². The van der Waals surface area contributed by atoms with Crippen LogP contribution in [0.2, 0.25) is 0 Å². The van der Waals surface area contributed by atoms with Gasteiger partial charge in [0, 0.05) is 37.7 Å². The van der Waals surface area contributed by atoms with Gasteiger partial charge in [0.1, 0.15) is 6.04 Å². The number of imide groups is 1. The summed E-state index contributed by atoms with van der Waals surface area (Å²) >= 11 is 0. The highest BCUT2D eigenvalue weighted by atomic mass is 16.7. The molecule has 32 heavy (non-hydrogen) atoms. The number of fused-ring (bicyclic) bond motifs is 3. The van der Waals surface area contributed by atoms with E-state index in [9.17, 15) is 14.4 Å². The predicted molar refractivity (Wildman–Crippen MR) is 116 cm³/mol. The van der Waals surface area contributed by atoms with E-state index < -0.39 is 0 Å². The number of urea groups is 1. The Morgan fingerprint density at radius 2 is 1.81 bits per heavy atom. The zero-order valence-corrected chi connectivity index (χ0v) is 17.7. The van der Waals surface area contributed by atoms with Crippen molar-refractivity contribution in [3.63, 3.8) is 0 Å². The van der Waals surface area contributed by atoms with Crippen LogP contribution in [-0.2, 0) is 22.6 Å². The molecule has 8 nitrogen and oxygen atoms in total. The molecule has 0 radical (unpaired) electrons. The molecule has 2 aromatic carbocycles. The Labute approximate surface area is 186 Å². The maximum Gasteiger partial charge on any atom is 0.327 e. The zero-order valence-electron chi connectivity index (χ0n) is 17.7. The molecule has 3 aliphatic heterocycles. The van der Waals surface area contributed by atoms with Gasteiger partial charge < -0.3 is 19.7 Å². The van der Waals surface area contributed by atoms with Gasteiger partial charge in [0.05, 0.1) is 0 Å². The van der Waals surface area contributed by atoms with Crippen molar-refractivity contribution in [3.8, 4) is 11.5 Å². The number of ether oxygens (including phenoxy) is 2. The van der Waals surface area contributed by atoms with Gasteiger partial charge >= 0.3 is 6.03 Å². The van der Waals surface area contributed by atoms with Crippen LogP contribution in [0.4, 0.5) is 10.5 Å². The van der Waals surface area contributed by atoms with Crippen molar-refractivity contribution < 1.29 is 23.9 Å². The number of carbonyl (C=O) groups is 3. The minimum absolute atomic E-state index is 0.0768. The Kier molecular flexibility index (Phi) is 5.43. The molecule has 2 aromatic rings. The van der Waals surface area contributed by atoms with Crippen molar-refractivity contribution >= 4 is 23.5 Å². The molecule has 1 N–H and O–H groups in total. The molecule has 4 amide bonds. The number of anilines is 1. The first-order valence-electron chi connectivity index (χ1n) is 11.0. The summed E-state index contributed by atoms with van der Waals surface area (Å²) in [4.78, 5) is 40.8. The smallest absolute Gasteiger partial charge is 0.327 e. The lowest BCUT2D eigenvalue weighted by atomic mass is 9.95. The van der Waals surface area contributed by atoms with E-state index in [0.717, 1.165) is 17.5 Å². The van der Waals surface area contributed by atoms with Gasteiger partial charge in [-0.2, -0.15) is 0 Å². The van der Waals surface area contributed by atoms with Gasteiger partial charge in [0.2, 0.25) is 12.7 Å². The third-order valence-electron chi connectivity index (χ3n) is 6.22. The highest BCUT2D eigenvalue weighted by Gasteiger charge is 2.46. The van der Waals surface area contributed by atoms with Crippen LogP contribution < -0.4 is 14.8 Å². The standard InChI is InChI=1S/C24H25N3O5/c28-22(25-18-9-10-20-21(13-18)32-15-31-20)8-2-1-5-11-26-23(29)19-12-16-6-3-4-7-17(16)14-27(19)24(26)30/h3-4,6-7,9-10,13,19H,1-2,5,8,11-12,14-15H2,(H,25,28). The van der Waals surface area contributed by atoms with Crippen LogP contribution >= 0.6 is 0 Å². The van der Waals surface area contributed by atoms with Gasteiger partial charge in [-0.05, 0) is 36.1 Å². The zero-order chi connectivity index (χ0) is 22.1. The van der Waals surface area contributed by atoms with Crippen LogP contribution in [0.1, 0.15) is 36.8 Å². The van der Waals surface area contributed by atoms with Crippen molar-refractivity contribution in [3.05, 3.63) is 53.6 Å². The van der Waals surface area contributed by atoms with Crippen molar-refractivity contribution in [2.75, 3.05) is 18.7 Å². The van der Waals surface area contributed by atoms with Crippen molar-refractivity contribution in [2.45, 2.75) is 44.7 Å². The molecule has 5 rings (SSSR count). The van der Waals surface area contributed by atoms with Gasteiger partial charge in [-0.3, -0.25) is 14.5 Å². The number of rotatable bonds is 7. The number of hydrogen-bond acceptors (Lipinski definition) is 5. The molecule has 1 saturated heterocycles. The molecule has 1 fully saturated rings. The van der Waals surface area contributed by atoms with E-state index in [2.05, 4.69) is 5.32 Å². The monoisotopic (exact) mass is 435 g/mol. The van der Waals surface area contributed by atoms with E-state index in [1.807, 2.05) is 24.3 Å². The summed E-state index contributed by atoms with van der Waals surface area (Å²) in [6.07, 6.45) is 3.08. The van der Waals surface area contributed by atoms with Crippen LogP contribution in [0.5, 0.6) is 11.5 Å². The third kappa shape index (κ3) is 3.88. The summed E-state index contributed by atoms with van der Waals surface area (Å²) in [6, 6.07) is 12.7. The van der Waals surface area contributed by atoms with E-state index >= 15 is 0 Å². The molecule has 0 spiro atoms. The number of hydrogen-bond donors (Lipinski definition) is 1. The van der Waals surface area contributed by atoms with Gasteiger partial charge in [-0.25, -0.2) is 4.79 Å². The largest absolute Gasteiger partial charge is 0.454 e.